The molecule has 2 aliphatic rings. The van der Waals surface area contributed by atoms with Gasteiger partial charge in [0.15, 0.2) is 0 Å². The van der Waals surface area contributed by atoms with E-state index >= 15 is 0 Å². The van der Waals surface area contributed by atoms with Crippen molar-refractivity contribution in [2.75, 3.05) is 5.32 Å². The number of rotatable bonds is 3. The summed E-state index contributed by atoms with van der Waals surface area (Å²) in [6, 6.07) is 3.91. The number of anilines is 1. The van der Waals surface area contributed by atoms with E-state index in [4.69, 9.17) is 9.92 Å². The lowest BCUT2D eigenvalue weighted by molar-refractivity contribution is 0.102. The number of carbonyl (C=O) groups excluding carboxylic acids is 1. The number of hydrogen-bond acceptors (Lipinski definition) is 4. The molecular formula is C17H19N3O2S2. The van der Waals surface area contributed by atoms with Crippen LogP contribution in [0.3, 0.4) is 0 Å². The van der Waals surface area contributed by atoms with Crippen LogP contribution >= 0.6 is 11.3 Å². The SMILES string of the molecule is N=S(N)(=O)c1sccc1C(=O)Nc1c2c(cc3c1CCC3)CCC2. The van der Waals surface area contributed by atoms with E-state index in [1.54, 1.807) is 11.4 Å². The van der Waals surface area contributed by atoms with Gasteiger partial charge in [-0.05, 0) is 72.2 Å². The number of nitrogens with two attached hydrogens (primary N) is 1. The summed E-state index contributed by atoms with van der Waals surface area (Å²) in [5.41, 5.74) is 6.40. The van der Waals surface area contributed by atoms with E-state index in [1.165, 1.54) is 22.3 Å². The Hall–Kier alpha value is -1.70. The van der Waals surface area contributed by atoms with Gasteiger partial charge in [0, 0.05) is 5.69 Å². The van der Waals surface area contributed by atoms with Crippen molar-refractivity contribution >= 4 is 32.8 Å². The lowest BCUT2D eigenvalue weighted by Crippen LogP contribution is -2.19. The highest BCUT2D eigenvalue weighted by Gasteiger charge is 2.26. The van der Waals surface area contributed by atoms with Gasteiger partial charge in [-0.1, -0.05) is 6.07 Å². The molecule has 0 saturated carbocycles. The smallest absolute Gasteiger partial charge is 0.257 e. The van der Waals surface area contributed by atoms with Gasteiger partial charge in [0.2, 0.25) is 0 Å². The molecule has 1 unspecified atom stereocenters. The molecule has 0 saturated heterocycles. The van der Waals surface area contributed by atoms with E-state index in [0.29, 0.717) is 0 Å². The highest BCUT2D eigenvalue weighted by atomic mass is 32.2. The molecular weight excluding hydrogens is 342 g/mol. The van der Waals surface area contributed by atoms with E-state index in [1.807, 2.05) is 0 Å². The zero-order valence-electron chi connectivity index (χ0n) is 13.2. The number of amides is 1. The molecule has 0 fully saturated rings. The molecule has 0 radical (unpaired) electrons. The summed E-state index contributed by atoms with van der Waals surface area (Å²) in [5.74, 6) is -0.314. The van der Waals surface area contributed by atoms with Crippen molar-refractivity contribution in [3.63, 3.8) is 0 Å². The minimum Gasteiger partial charge on any atom is -0.321 e. The van der Waals surface area contributed by atoms with Gasteiger partial charge in [0.05, 0.1) is 5.56 Å². The maximum absolute atomic E-state index is 12.8. The van der Waals surface area contributed by atoms with Crippen molar-refractivity contribution < 1.29 is 9.00 Å². The number of aryl methyl sites for hydroxylation is 2. The van der Waals surface area contributed by atoms with E-state index < -0.39 is 9.92 Å². The van der Waals surface area contributed by atoms with E-state index in [-0.39, 0.29) is 15.7 Å². The molecule has 2 aromatic rings. The summed E-state index contributed by atoms with van der Waals surface area (Å²) in [7, 11) is -3.39. The van der Waals surface area contributed by atoms with Crippen molar-refractivity contribution in [1.82, 2.24) is 0 Å². The van der Waals surface area contributed by atoms with E-state index in [2.05, 4.69) is 11.4 Å². The van der Waals surface area contributed by atoms with Crippen molar-refractivity contribution in [2.24, 2.45) is 5.14 Å². The first-order valence-corrected chi connectivity index (χ1v) is 10.6. The first kappa shape index (κ1) is 15.8. The molecule has 1 amide bonds. The molecule has 4 rings (SSSR count). The van der Waals surface area contributed by atoms with Gasteiger partial charge in [-0.25, -0.2) is 14.1 Å². The number of nitrogens with one attached hydrogen (secondary N) is 2. The van der Waals surface area contributed by atoms with Crippen molar-refractivity contribution in [3.8, 4) is 0 Å². The molecule has 126 valence electrons. The van der Waals surface area contributed by atoms with Gasteiger partial charge >= 0.3 is 0 Å². The molecule has 0 aliphatic heterocycles. The number of fused-ring (bicyclic) bond motifs is 2. The summed E-state index contributed by atoms with van der Waals surface area (Å²) in [4.78, 5) is 12.8. The van der Waals surface area contributed by atoms with Crippen LogP contribution in [0.2, 0.25) is 0 Å². The van der Waals surface area contributed by atoms with Gasteiger partial charge < -0.3 is 5.32 Å². The summed E-state index contributed by atoms with van der Waals surface area (Å²) in [5, 5.41) is 10.2. The van der Waals surface area contributed by atoms with Crippen molar-refractivity contribution in [3.05, 3.63) is 45.3 Å². The predicted molar refractivity (Wildman–Crippen MR) is 96.1 cm³/mol. The summed E-state index contributed by atoms with van der Waals surface area (Å²) < 4.78 is 19.6. The largest absolute Gasteiger partial charge is 0.321 e. The average molecular weight is 361 g/mol. The lowest BCUT2D eigenvalue weighted by Gasteiger charge is -2.16. The van der Waals surface area contributed by atoms with Crippen LogP contribution in [0, 0.1) is 4.78 Å². The molecule has 0 spiro atoms. The van der Waals surface area contributed by atoms with Crippen LogP contribution in [0.4, 0.5) is 5.69 Å². The molecule has 2 aliphatic carbocycles. The third kappa shape index (κ3) is 2.56. The van der Waals surface area contributed by atoms with Crippen LogP contribution < -0.4 is 10.5 Å². The van der Waals surface area contributed by atoms with Crippen LogP contribution in [-0.2, 0) is 35.6 Å². The molecule has 1 aromatic heterocycles. The highest BCUT2D eigenvalue weighted by molar-refractivity contribution is 7.92. The fourth-order valence-corrected chi connectivity index (χ4v) is 5.69. The number of thiophene rings is 1. The minimum atomic E-state index is -3.39. The van der Waals surface area contributed by atoms with Crippen LogP contribution in [0.25, 0.3) is 0 Å². The number of carbonyl (C=O) groups is 1. The molecule has 1 heterocycles. The minimum absolute atomic E-state index is 0.143. The maximum Gasteiger partial charge on any atom is 0.257 e. The molecule has 1 aromatic carbocycles. The van der Waals surface area contributed by atoms with Crippen LogP contribution in [0.15, 0.2) is 21.7 Å². The molecule has 5 nitrogen and oxygen atoms in total. The second-order valence-corrected chi connectivity index (χ2v) is 9.19. The molecule has 1 atom stereocenters. The fraction of sp³-hybridized carbons (Fsp3) is 0.353. The van der Waals surface area contributed by atoms with Crippen LogP contribution in [0.5, 0.6) is 0 Å². The van der Waals surface area contributed by atoms with E-state index in [9.17, 15) is 9.00 Å². The van der Waals surface area contributed by atoms with Gasteiger partial charge in [-0.3, -0.25) is 4.79 Å². The third-order valence-electron chi connectivity index (χ3n) is 4.86. The Balaban J connectivity index is 1.75. The average Bonchev–Trinajstić information content (AvgIpc) is 3.25. The Kier molecular flexibility index (Phi) is 3.74. The summed E-state index contributed by atoms with van der Waals surface area (Å²) >= 11 is 1.10. The van der Waals surface area contributed by atoms with Gasteiger partial charge in [-0.2, -0.15) is 0 Å². The normalized spacial score (nSPS) is 18.0. The topological polar surface area (TPSA) is 96.0 Å². The second-order valence-electron chi connectivity index (χ2n) is 6.41. The number of benzene rings is 1. The Labute approximate surface area is 145 Å². The summed E-state index contributed by atoms with van der Waals surface area (Å²) in [6.45, 7) is 0. The monoisotopic (exact) mass is 361 g/mol. The Bertz CT molecular complexity index is 913. The highest BCUT2D eigenvalue weighted by Crippen LogP contribution is 2.39. The number of hydrogen-bond donors (Lipinski definition) is 3. The Morgan fingerprint density at radius 1 is 1.17 bits per heavy atom. The summed E-state index contributed by atoms with van der Waals surface area (Å²) in [6.07, 6.45) is 6.35. The first-order valence-electron chi connectivity index (χ1n) is 8.07. The van der Waals surface area contributed by atoms with Crippen LogP contribution in [0.1, 0.15) is 45.5 Å². The zero-order valence-corrected chi connectivity index (χ0v) is 14.8. The van der Waals surface area contributed by atoms with Gasteiger partial charge in [0.25, 0.3) is 5.91 Å². The van der Waals surface area contributed by atoms with E-state index in [0.717, 1.165) is 55.5 Å². The van der Waals surface area contributed by atoms with Crippen molar-refractivity contribution in [1.29, 1.82) is 4.78 Å². The molecule has 0 bridgehead atoms. The van der Waals surface area contributed by atoms with Crippen LogP contribution in [-0.4, -0.2) is 10.1 Å². The molecule has 7 heteroatoms. The molecule has 24 heavy (non-hydrogen) atoms. The maximum atomic E-state index is 12.8. The standard InChI is InChI=1S/C17H19N3O2S2/c18-24(19,22)17-14(7-8-23-17)16(21)20-15-12-5-1-3-10(12)9-11-4-2-6-13(11)15/h7-9H,1-6H2,(H,20,21)(H3,18,19,22). The van der Waals surface area contributed by atoms with Gasteiger partial charge in [0.1, 0.15) is 14.1 Å². The Morgan fingerprint density at radius 3 is 2.38 bits per heavy atom. The zero-order chi connectivity index (χ0) is 16.9. The second kappa shape index (κ2) is 5.68. The Morgan fingerprint density at radius 2 is 1.79 bits per heavy atom. The molecule has 4 N–H and O–H groups in total. The fourth-order valence-electron chi connectivity index (χ4n) is 3.85. The third-order valence-corrected chi connectivity index (χ3v) is 7.37. The van der Waals surface area contributed by atoms with Gasteiger partial charge in [-0.15, -0.1) is 11.3 Å². The van der Waals surface area contributed by atoms with Crippen molar-refractivity contribution in [2.45, 2.75) is 42.7 Å². The lowest BCUT2D eigenvalue weighted by atomic mass is 9.98. The predicted octanol–water partition coefficient (Wildman–Crippen LogP) is 3.26. The first-order chi connectivity index (χ1) is 11.4. The quantitative estimate of drug-likeness (QED) is 0.782.